The maximum Gasteiger partial charge on any atom is 0.259 e. The highest BCUT2D eigenvalue weighted by molar-refractivity contribution is 6.00. The average molecular weight is 398 g/mol. The first-order chi connectivity index (χ1) is 14.2. The van der Waals surface area contributed by atoms with Crippen LogP contribution in [0.5, 0.6) is 0 Å². The number of hydrogen-bond donors (Lipinski definition) is 0. The Labute approximate surface area is 167 Å². The summed E-state index contributed by atoms with van der Waals surface area (Å²) < 4.78 is 21.4. The second kappa shape index (κ2) is 8.54. The lowest BCUT2D eigenvalue weighted by Crippen LogP contribution is -2.46. The number of carbonyl (C=O) groups is 1. The van der Waals surface area contributed by atoms with Crippen molar-refractivity contribution in [3.8, 4) is 11.3 Å². The number of aromatic nitrogens is 3. The van der Waals surface area contributed by atoms with Gasteiger partial charge in [0, 0.05) is 25.8 Å². The summed E-state index contributed by atoms with van der Waals surface area (Å²) in [6.45, 7) is 3.38. The van der Waals surface area contributed by atoms with Crippen LogP contribution in [-0.4, -0.2) is 59.0 Å². The van der Waals surface area contributed by atoms with Gasteiger partial charge in [0.15, 0.2) is 5.82 Å². The maximum atomic E-state index is 13.3. The number of hydrogen-bond acceptors (Lipinski definition) is 8. The average Bonchev–Trinajstić information content (AvgIpc) is 3.35. The molecule has 1 fully saturated rings. The van der Waals surface area contributed by atoms with E-state index in [-0.39, 0.29) is 18.6 Å². The Balaban J connectivity index is 1.49. The van der Waals surface area contributed by atoms with E-state index in [4.69, 9.17) is 18.5 Å². The van der Waals surface area contributed by atoms with Crippen molar-refractivity contribution >= 4 is 5.91 Å². The normalized spacial score (nSPS) is 16.9. The van der Waals surface area contributed by atoms with Gasteiger partial charge in [0.2, 0.25) is 5.89 Å². The fourth-order valence-electron chi connectivity index (χ4n) is 3.36. The molecular weight excluding hydrogens is 376 g/mol. The lowest BCUT2D eigenvalue weighted by Gasteiger charge is -2.32. The van der Waals surface area contributed by atoms with Crippen molar-refractivity contribution in [2.75, 3.05) is 26.8 Å². The molecule has 0 N–H and O–H groups in total. The van der Waals surface area contributed by atoms with Crippen LogP contribution in [0.25, 0.3) is 11.3 Å². The van der Waals surface area contributed by atoms with E-state index in [1.165, 1.54) is 0 Å². The van der Waals surface area contributed by atoms with Gasteiger partial charge in [-0.2, -0.15) is 4.98 Å². The van der Waals surface area contributed by atoms with Gasteiger partial charge in [0.25, 0.3) is 5.91 Å². The molecule has 2 aromatic heterocycles. The lowest BCUT2D eigenvalue weighted by atomic mass is 10.0. The van der Waals surface area contributed by atoms with Gasteiger partial charge in [-0.15, -0.1) is 0 Å². The third kappa shape index (κ3) is 4.20. The highest BCUT2D eigenvalue weighted by atomic mass is 16.5. The van der Waals surface area contributed by atoms with Gasteiger partial charge in [-0.1, -0.05) is 40.6 Å². The Morgan fingerprint density at radius 1 is 1.24 bits per heavy atom. The predicted molar refractivity (Wildman–Crippen MR) is 101 cm³/mol. The minimum Gasteiger partial charge on any atom is -0.377 e. The van der Waals surface area contributed by atoms with E-state index in [0.29, 0.717) is 54.8 Å². The van der Waals surface area contributed by atoms with Crippen molar-refractivity contribution < 1.29 is 23.3 Å². The molecule has 1 aliphatic heterocycles. The van der Waals surface area contributed by atoms with Crippen LogP contribution < -0.4 is 0 Å². The van der Waals surface area contributed by atoms with E-state index in [2.05, 4.69) is 15.3 Å². The summed E-state index contributed by atoms with van der Waals surface area (Å²) in [4.78, 5) is 19.3. The van der Waals surface area contributed by atoms with Crippen molar-refractivity contribution in [2.24, 2.45) is 0 Å². The third-order valence-electron chi connectivity index (χ3n) is 4.74. The molecule has 1 aliphatic rings. The van der Waals surface area contributed by atoms with E-state index in [9.17, 15) is 4.79 Å². The monoisotopic (exact) mass is 398 g/mol. The Morgan fingerprint density at radius 3 is 2.86 bits per heavy atom. The largest absolute Gasteiger partial charge is 0.377 e. The fraction of sp³-hybridized carbons (Fsp3) is 0.400. The zero-order valence-electron chi connectivity index (χ0n) is 16.3. The van der Waals surface area contributed by atoms with Crippen LogP contribution in [0.3, 0.4) is 0 Å². The van der Waals surface area contributed by atoms with E-state index in [0.717, 1.165) is 5.56 Å². The Kier molecular flexibility index (Phi) is 5.68. The molecule has 3 heterocycles. The molecule has 0 aliphatic carbocycles. The van der Waals surface area contributed by atoms with E-state index in [1.807, 2.05) is 30.3 Å². The molecule has 4 rings (SSSR count). The van der Waals surface area contributed by atoms with Crippen molar-refractivity contribution in [3.63, 3.8) is 0 Å². The van der Waals surface area contributed by atoms with Gasteiger partial charge < -0.3 is 23.4 Å². The lowest BCUT2D eigenvalue weighted by molar-refractivity contribution is -0.0237. The SMILES string of the molecule is COCc1noc(C[C@@H]2CN(C(=O)c3c(-c4ccccc4)noc3C)CCO2)n1. The van der Waals surface area contributed by atoms with Crippen molar-refractivity contribution in [3.05, 3.63) is 53.4 Å². The van der Waals surface area contributed by atoms with Gasteiger partial charge in [-0.05, 0) is 6.92 Å². The molecule has 1 aromatic carbocycles. The standard InChI is InChI=1S/C20H22N4O5/c1-13-18(19(23-28-13)14-6-4-3-5-7-14)20(25)24-8-9-27-15(11-24)10-17-21-16(12-26-2)22-29-17/h3-7,15H,8-12H2,1-2H3/t15-/m1/s1. The number of rotatable bonds is 6. The molecule has 1 saturated heterocycles. The highest BCUT2D eigenvalue weighted by Gasteiger charge is 2.31. The Morgan fingerprint density at radius 2 is 2.07 bits per heavy atom. The molecule has 152 valence electrons. The van der Waals surface area contributed by atoms with Crippen LogP contribution >= 0.6 is 0 Å². The highest BCUT2D eigenvalue weighted by Crippen LogP contribution is 2.27. The van der Waals surface area contributed by atoms with Crippen molar-refractivity contribution in [1.82, 2.24) is 20.2 Å². The third-order valence-corrected chi connectivity index (χ3v) is 4.74. The van der Waals surface area contributed by atoms with Crippen LogP contribution in [0.4, 0.5) is 0 Å². The van der Waals surface area contributed by atoms with E-state index < -0.39 is 0 Å². The van der Waals surface area contributed by atoms with Crippen LogP contribution in [0.1, 0.15) is 27.8 Å². The maximum absolute atomic E-state index is 13.3. The van der Waals surface area contributed by atoms with Crippen LogP contribution in [0, 0.1) is 6.92 Å². The number of methoxy groups -OCH3 is 1. The number of benzene rings is 1. The molecule has 3 aromatic rings. The van der Waals surface area contributed by atoms with Gasteiger partial charge in [0.1, 0.15) is 23.6 Å². The molecule has 0 saturated carbocycles. The molecule has 0 spiro atoms. The number of morpholine rings is 1. The van der Waals surface area contributed by atoms with Crippen molar-refractivity contribution in [1.29, 1.82) is 0 Å². The molecule has 0 bridgehead atoms. The first-order valence-electron chi connectivity index (χ1n) is 9.38. The molecule has 9 nitrogen and oxygen atoms in total. The Bertz CT molecular complexity index is 968. The second-order valence-electron chi connectivity index (χ2n) is 6.81. The summed E-state index contributed by atoms with van der Waals surface area (Å²) >= 11 is 0. The van der Waals surface area contributed by atoms with Gasteiger partial charge in [-0.3, -0.25) is 4.79 Å². The molecule has 9 heteroatoms. The number of aryl methyl sites for hydroxylation is 1. The number of carbonyl (C=O) groups excluding carboxylic acids is 1. The summed E-state index contributed by atoms with van der Waals surface area (Å²) in [6, 6.07) is 9.54. The first kappa shape index (κ1) is 19.3. The molecular formula is C20H22N4O5. The molecule has 29 heavy (non-hydrogen) atoms. The minimum atomic E-state index is -0.233. The zero-order valence-corrected chi connectivity index (χ0v) is 16.3. The second-order valence-corrected chi connectivity index (χ2v) is 6.81. The van der Waals surface area contributed by atoms with E-state index in [1.54, 1.807) is 18.9 Å². The summed E-state index contributed by atoms with van der Waals surface area (Å²) in [5.74, 6) is 1.32. The quantitative estimate of drug-likeness (QED) is 0.623. The van der Waals surface area contributed by atoms with Gasteiger partial charge >= 0.3 is 0 Å². The zero-order chi connectivity index (χ0) is 20.2. The van der Waals surface area contributed by atoms with Gasteiger partial charge in [-0.25, -0.2) is 0 Å². The van der Waals surface area contributed by atoms with Crippen LogP contribution in [0.2, 0.25) is 0 Å². The smallest absolute Gasteiger partial charge is 0.259 e. The van der Waals surface area contributed by atoms with Crippen LogP contribution in [0.15, 0.2) is 39.4 Å². The predicted octanol–water partition coefficient (Wildman–Crippen LogP) is 2.26. The topological polar surface area (TPSA) is 104 Å². The number of nitrogens with zero attached hydrogens (tertiary/aromatic N) is 4. The first-order valence-corrected chi connectivity index (χ1v) is 9.38. The fourth-order valence-corrected chi connectivity index (χ4v) is 3.36. The number of amides is 1. The van der Waals surface area contributed by atoms with E-state index >= 15 is 0 Å². The van der Waals surface area contributed by atoms with Crippen LogP contribution in [-0.2, 0) is 22.5 Å². The summed E-state index contributed by atoms with van der Waals surface area (Å²) in [5.41, 5.74) is 1.88. The number of ether oxygens (including phenoxy) is 2. The van der Waals surface area contributed by atoms with Gasteiger partial charge in [0.05, 0.1) is 19.1 Å². The summed E-state index contributed by atoms with van der Waals surface area (Å²) in [7, 11) is 1.57. The molecule has 0 radical (unpaired) electrons. The molecule has 0 unspecified atom stereocenters. The summed E-state index contributed by atoms with van der Waals surface area (Å²) in [6.07, 6.45) is 0.193. The van der Waals surface area contributed by atoms with Crippen molar-refractivity contribution in [2.45, 2.75) is 26.1 Å². The molecule has 1 atom stereocenters. The minimum absolute atomic E-state index is 0.124. The summed E-state index contributed by atoms with van der Waals surface area (Å²) in [5, 5.41) is 7.97. The molecule has 1 amide bonds. The Hall–Kier alpha value is -3.04.